The van der Waals surface area contributed by atoms with Gasteiger partial charge in [0.1, 0.15) is 0 Å². The summed E-state index contributed by atoms with van der Waals surface area (Å²) in [5, 5.41) is 0. The van der Waals surface area contributed by atoms with Crippen molar-refractivity contribution in [2.24, 2.45) is 5.92 Å². The van der Waals surface area contributed by atoms with E-state index in [0.717, 1.165) is 5.92 Å². The standard InChI is InChI=1S/C10H13.Hf/c1-7-6-8(2)10-5-3-4-9(7)10;/h7H,3-5H2,1-2H3;. The van der Waals surface area contributed by atoms with Crippen LogP contribution in [0.25, 0.3) is 0 Å². The summed E-state index contributed by atoms with van der Waals surface area (Å²) in [6.07, 6.45) is 4.18. The summed E-state index contributed by atoms with van der Waals surface area (Å²) in [5.41, 5.74) is 5.19. The quantitative estimate of drug-likeness (QED) is 0.603. The van der Waals surface area contributed by atoms with Crippen LogP contribution in [0.1, 0.15) is 33.1 Å². The molecule has 1 unspecified atom stereocenters. The fraction of sp³-hybridized carbons (Fsp3) is 0.600. The normalized spacial score (nSPS) is 30.1. The van der Waals surface area contributed by atoms with E-state index in [1.54, 1.807) is 20.0 Å². The van der Waals surface area contributed by atoms with E-state index in [9.17, 15) is 0 Å². The van der Waals surface area contributed by atoms with Gasteiger partial charge in [-0.15, -0.1) is 0 Å². The maximum absolute atomic E-state index is 2.39. The summed E-state index contributed by atoms with van der Waals surface area (Å²) in [5.74, 6) is 0.833. The number of hydrogen-bond acceptors (Lipinski definition) is 0. The molecule has 0 amide bonds. The van der Waals surface area contributed by atoms with E-state index >= 15 is 0 Å². The molecule has 57 valence electrons. The molecule has 0 aliphatic heterocycles. The molecule has 0 bridgehead atoms. The van der Waals surface area contributed by atoms with E-state index in [2.05, 4.69) is 13.8 Å². The van der Waals surface area contributed by atoms with Gasteiger partial charge in [-0.2, -0.15) is 0 Å². The Kier molecular flexibility index (Phi) is 1.95. The van der Waals surface area contributed by atoms with E-state index in [1.807, 2.05) is 0 Å². The third-order valence-electron chi connectivity index (χ3n) is 3.07. The van der Waals surface area contributed by atoms with E-state index in [-0.39, 0.29) is 0 Å². The molecule has 11 heavy (non-hydrogen) atoms. The van der Waals surface area contributed by atoms with Gasteiger partial charge in [-0.05, 0) is 0 Å². The topological polar surface area (TPSA) is 0 Å². The van der Waals surface area contributed by atoms with Gasteiger partial charge >= 0.3 is 83.5 Å². The Labute approximate surface area is 83.3 Å². The van der Waals surface area contributed by atoms with Crippen molar-refractivity contribution in [3.05, 3.63) is 20.0 Å². The van der Waals surface area contributed by atoms with Crippen molar-refractivity contribution in [2.45, 2.75) is 33.1 Å². The van der Waals surface area contributed by atoms with Gasteiger partial charge in [-0.1, -0.05) is 0 Å². The summed E-state index contributed by atoms with van der Waals surface area (Å²) >= 11 is 1.27. The van der Waals surface area contributed by atoms with Gasteiger partial charge in [0.15, 0.2) is 0 Å². The zero-order valence-corrected chi connectivity index (χ0v) is 10.8. The Bertz CT molecular complexity index is 258. The molecule has 0 radical (unpaired) electrons. The second kappa shape index (κ2) is 2.69. The molecule has 1 heteroatoms. The molecule has 0 nitrogen and oxygen atoms in total. The predicted octanol–water partition coefficient (Wildman–Crippen LogP) is 2.94. The number of allylic oxidation sites excluding steroid dienone is 4. The summed E-state index contributed by atoms with van der Waals surface area (Å²) in [7, 11) is 0. The molecule has 0 saturated heterocycles. The van der Waals surface area contributed by atoms with Crippen LogP contribution in [0.3, 0.4) is 0 Å². The van der Waals surface area contributed by atoms with Gasteiger partial charge < -0.3 is 0 Å². The van der Waals surface area contributed by atoms with Crippen LogP contribution in [0, 0.1) is 5.92 Å². The predicted molar refractivity (Wildman–Crippen MR) is 42.7 cm³/mol. The van der Waals surface area contributed by atoms with Gasteiger partial charge in [0.2, 0.25) is 0 Å². The van der Waals surface area contributed by atoms with Gasteiger partial charge in [-0.25, -0.2) is 0 Å². The second-order valence-electron chi connectivity index (χ2n) is 3.62. The molecular formula is C10H13Hf. The van der Waals surface area contributed by atoms with Crippen molar-refractivity contribution in [3.63, 3.8) is 0 Å². The first-order chi connectivity index (χ1) is 5.22. The van der Waals surface area contributed by atoms with Crippen molar-refractivity contribution in [3.8, 4) is 0 Å². The summed E-state index contributed by atoms with van der Waals surface area (Å²) in [6.45, 7) is 4.71. The molecule has 2 aliphatic rings. The Morgan fingerprint density at radius 2 is 2.09 bits per heavy atom. The van der Waals surface area contributed by atoms with Crippen LogP contribution < -0.4 is 0 Å². The average molecular weight is 312 g/mol. The van der Waals surface area contributed by atoms with Crippen molar-refractivity contribution in [1.29, 1.82) is 0 Å². The first kappa shape index (κ1) is 7.97. The molecule has 0 saturated carbocycles. The van der Waals surface area contributed by atoms with E-state index in [4.69, 9.17) is 0 Å². The molecule has 2 aliphatic carbocycles. The minimum atomic E-state index is 0.833. The summed E-state index contributed by atoms with van der Waals surface area (Å²) in [6, 6.07) is 0. The molecule has 0 heterocycles. The Morgan fingerprint density at radius 1 is 1.36 bits per heavy atom. The minimum absolute atomic E-state index is 0.833. The first-order valence-corrected chi connectivity index (χ1v) is 6.16. The van der Waals surface area contributed by atoms with Crippen LogP contribution in [-0.2, 0) is 24.4 Å². The van der Waals surface area contributed by atoms with E-state index in [0.29, 0.717) is 0 Å². The van der Waals surface area contributed by atoms with Crippen molar-refractivity contribution in [1.82, 2.24) is 0 Å². The number of rotatable bonds is 0. The van der Waals surface area contributed by atoms with Crippen LogP contribution in [0.5, 0.6) is 0 Å². The van der Waals surface area contributed by atoms with Crippen LogP contribution in [0.15, 0.2) is 20.0 Å². The average Bonchev–Trinajstić information content (AvgIpc) is 2.53. The molecular weight excluding hydrogens is 299 g/mol. The maximum atomic E-state index is 2.39. The van der Waals surface area contributed by atoms with E-state index < -0.39 is 0 Å². The van der Waals surface area contributed by atoms with E-state index in [1.165, 1.54) is 43.6 Å². The fourth-order valence-corrected chi connectivity index (χ4v) is 3.50. The van der Waals surface area contributed by atoms with Crippen molar-refractivity contribution >= 4 is 0 Å². The van der Waals surface area contributed by atoms with Gasteiger partial charge in [0, 0.05) is 0 Å². The SMILES string of the molecule is CC1=[C]([Hf])C(C)C2=C1CCC2. The first-order valence-electron chi connectivity index (χ1n) is 4.36. The Hall–Kier alpha value is 0.350. The molecule has 0 aromatic heterocycles. The zero-order chi connectivity index (χ0) is 8.01. The molecule has 0 fully saturated rings. The molecule has 0 aromatic rings. The third-order valence-corrected chi connectivity index (χ3v) is 5.98. The van der Waals surface area contributed by atoms with Crippen LogP contribution in [-0.4, -0.2) is 0 Å². The van der Waals surface area contributed by atoms with Crippen LogP contribution in [0.2, 0.25) is 0 Å². The van der Waals surface area contributed by atoms with Gasteiger partial charge in [-0.3, -0.25) is 0 Å². The molecule has 0 spiro atoms. The number of hydrogen-bond donors (Lipinski definition) is 0. The molecule has 0 N–H and O–H groups in total. The van der Waals surface area contributed by atoms with Crippen molar-refractivity contribution in [2.75, 3.05) is 0 Å². The van der Waals surface area contributed by atoms with Gasteiger partial charge in [0.05, 0.1) is 0 Å². The second-order valence-corrected chi connectivity index (χ2v) is 5.55. The Morgan fingerprint density at radius 3 is 2.73 bits per heavy atom. The Balaban J connectivity index is 2.43. The molecule has 0 aromatic carbocycles. The van der Waals surface area contributed by atoms with Gasteiger partial charge in [0.25, 0.3) is 0 Å². The molecule has 1 atom stereocenters. The fourth-order valence-electron chi connectivity index (χ4n) is 2.33. The summed E-state index contributed by atoms with van der Waals surface area (Å²) in [4.78, 5) is 0. The third kappa shape index (κ3) is 1.04. The van der Waals surface area contributed by atoms with Crippen molar-refractivity contribution < 1.29 is 24.4 Å². The summed E-state index contributed by atoms with van der Waals surface area (Å²) < 4.78 is 1.76. The monoisotopic (exact) mass is 313 g/mol. The zero-order valence-electron chi connectivity index (χ0n) is 7.20. The van der Waals surface area contributed by atoms with Crippen LogP contribution in [0.4, 0.5) is 0 Å². The van der Waals surface area contributed by atoms with Crippen LogP contribution >= 0.6 is 0 Å². The molecule has 2 rings (SSSR count).